The molecule has 0 unspecified atom stereocenters. The van der Waals surface area contributed by atoms with E-state index in [0.29, 0.717) is 27.7 Å². The van der Waals surface area contributed by atoms with Gasteiger partial charge in [0.1, 0.15) is 12.6 Å². The molecule has 0 radical (unpaired) electrons. The molecule has 0 saturated carbocycles. The number of anilines is 1. The predicted octanol–water partition coefficient (Wildman–Crippen LogP) is 5.36. The van der Waals surface area contributed by atoms with Gasteiger partial charge in [0.25, 0.3) is 10.0 Å². The first kappa shape index (κ1) is 29.5. The van der Waals surface area contributed by atoms with Crippen LogP contribution < -0.4 is 9.62 Å². The molecule has 0 aromatic heterocycles. The highest BCUT2D eigenvalue weighted by atomic mass is 35.5. The van der Waals surface area contributed by atoms with Crippen LogP contribution in [0, 0.1) is 13.8 Å². The van der Waals surface area contributed by atoms with Crippen LogP contribution in [-0.2, 0) is 26.2 Å². The Morgan fingerprint density at radius 2 is 1.47 bits per heavy atom. The number of hydrogen-bond acceptors (Lipinski definition) is 4. The number of likely N-dealkylation sites (N-methyl/N-ethyl adjacent to an activating group) is 1. The van der Waals surface area contributed by atoms with Gasteiger partial charge < -0.3 is 10.2 Å². The molecule has 0 heterocycles. The molecule has 3 aromatic carbocycles. The number of sulfonamides is 1. The van der Waals surface area contributed by atoms with Crippen molar-refractivity contribution >= 4 is 50.7 Å². The van der Waals surface area contributed by atoms with Gasteiger partial charge in [0.05, 0.1) is 20.6 Å². The summed E-state index contributed by atoms with van der Waals surface area (Å²) < 4.78 is 28.7. The number of nitrogens with zero attached hydrogens (tertiary/aromatic N) is 2. The summed E-state index contributed by atoms with van der Waals surface area (Å²) in [5, 5.41) is 3.27. The van der Waals surface area contributed by atoms with Crippen LogP contribution in [0.2, 0.25) is 10.0 Å². The minimum atomic E-state index is -4.11. The molecule has 3 rings (SSSR count). The average molecular weight is 577 g/mol. The maximum atomic E-state index is 13.9. The Hall–Kier alpha value is -3.07. The van der Waals surface area contributed by atoms with Crippen molar-refractivity contribution in [1.29, 1.82) is 0 Å². The third-order valence-corrected chi connectivity index (χ3v) is 8.71. The Bertz CT molecular complexity index is 1390. The summed E-state index contributed by atoms with van der Waals surface area (Å²) in [5.41, 5.74) is 2.84. The number of amides is 2. The summed E-state index contributed by atoms with van der Waals surface area (Å²) in [6.45, 7) is 5.07. The minimum absolute atomic E-state index is 0.0357. The quantitative estimate of drug-likeness (QED) is 0.352. The highest BCUT2D eigenvalue weighted by molar-refractivity contribution is 7.92. The number of halogens is 2. The predicted molar refractivity (Wildman–Crippen MR) is 152 cm³/mol. The fourth-order valence-corrected chi connectivity index (χ4v) is 5.73. The molecule has 0 saturated heterocycles. The third-order valence-electron chi connectivity index (χ3n) is 6.18. The van der Waals surface area contributed by atoms with Gasteiger partial charge in [0.15, 0.2) is 0 Å². The first-order chi connectivity index (χ1) is 18.0. The molecule has 0 aliphatic heterocycles. The molecule has 1 atom stereocenters. The van der Waals surface area contributed by atoms with Crippen LogP contribution >= 0.6 is 23.2 Å². The molecule has 1 N–H and O–H groups in total. The van der Waals surface area contributed by atoms with Gasteiger partial charge in [-0.05, 0) is 62.2 Å². The molecular formula is C28H31Cl2N3O4S. The monoisotopic (exact) mass is 575 g/mol. The Kier molecular flexibility index (Phi) is 9.82. The number of rotatable bonds is 10. The van der Waals surface area contributed by atoms with Crippen LogP contribution in [0.3, 0.4) is 0 Å². The zero-order chi connectivity index (χ0) is 28.0. The van der Waals surface area contributed by atoms with Gasteiger partial charge in [-0.2, -0.15) is 0 Å². The topological polar surface area (TPSA) is 86.8 Å². The Labute approximate surface area is 234 Å². The lowest BCUT2D eigenvalue weighted by Gasteiger charge is -2.33. The molecule has 7 nitrogen and oxygen atoms in total. The van der Waals surface area contributed by atoms with Gasteiger partial charge in [-0.25, -0.2) is 8.42 Å². The van der Waals surface area contributed by atoms with E-state index in [9.17, 15) is 18.0 Å². The summed E-state index contributed by atoms with van der Waals surface area (Å²) in [7, 11) is -2.62. The fourth-order valence-electron chi connectivity index (χ4n) is 4.00. The van der Waals surface area contributed by atoms with E-state index in [1.807, 2.05) is 13.8 Å². The largest absolute Gasteiger partial charge is 0.357 e. The molecule has 202 valence electrons. The van der Waals surface area contributed by atoms with Crippen molar-refractivity contribution in [3.8, 4) is 0 Å². The van der Waals surface area contributed by atoms with E-state index < -0.39 is 28.5 Å². The van der Waals surface area contributed by atoms with Gasteiger partial charge in [-0.1, -0.05) is 71.6 Å². The molecule has 0 aliphatic rings. The van der Waals surface area contributed by atoms with E-state index in [0.717, 1.165) is 15.4 Å². The zero-order valence-corrected chi connectivity index (χ0v) is 24.1. The first-order valence-electron chi connectivity index (χ1n) is 12.1. The van der Waals surface area contributed by atoms with Crippen LogP contribution in [0.4, 0.5) is 5.69 Å². The maximum Gasteiger partial charge on any atom is 0.264 e. The maximum absolute atomic E-state index is 13.9. The molecule has 0 spiro atoms. The average Bonchev–Trinajstić information content (AvgIpc) is 2.89. The Balaban J connectivity index is 2.06. The smallest absolute Gasteiger partial charge is 0.264 e. The van der Waals surface area contributed by atoms with E-state index in [1.54, 1.807) is 61.5 Å². The number of carbonyl (C=O) groups excluding carboxylic acids is 2. The lowest BCUT2D eigenvalue weighted by atomic mass is 10.1. The minimum Gasteiger partial charge on any atom is -0.357 e. The van der Waals surface area contributed by atoms with Gasteiger partial charge >= 0.3 is 0 Å². The molecule has 0 aliphatic carbocycles. The highest BCUT2D eigenvalue weighted by Crippen LogP contribution is 2.27. The second-order valence-electron chi connectivity index (χ2n) is 8.97. The van der Waals surface area contributed by atoms with E-state index in [4.69, 9.17) is 23.2 Å². The van der Waals surface area contributed by atoms with Crippen molar-refractivity contribution in [2.24, 2.45) is 0 Å². The van der Waals surface area contributed by atoms with Gasteiger partial charge in [0, 0.05) is 13.6 Å². The molecule has 3 aromatic rings. The lowest BCUT2D eigenvalue weighted by molar-refractivity contribution is -0.140. The Morgan fingerprint density at radius 1 is 0.895 bits per heavy atom. The van der Waals surface area contributed by atoms with Crippen molar-refractivity contribution in [2.75, 3.05) is 17.9 Å². The molecule has 10 heteroatoms. The second kappa shape index (κ2) is 12.7. The lowest BCUT2D eigenvalue weighted by Crippen LogP contribution is -2.51. The number of benzene rings is 3. The van der Waals surface area contributed by atoms with Gasteiger partial charge in [-0.15, -0.1) is 0 Å². The van der Waals surface area contributed by atoms with Crippen LogP contribution in [0.25, 0.3) is 0 Å². The summed E-state index contributed by atoms with van der Waals surface area (Å²) in [4.78, 5) is 28.1. The molecule has 0 bridgehead atoms. The first-order valence-corrected chi connectivity index (χ1v) is 14.3. The van der Waals surface area contributed by atoms with Crippen LogP contribution in [0.5, 0.6) is 0 Å². The van der Waals surface area contributed by atoms with Gasteiger partial charge in [-0.3, -0.25) is 13.9 Å². The van der Waals surface area contributed by atoms with E-state index >= 15 is 0 Å². The Morgan fingerprint density at radius 3 is 2.00 bits per heavy atom. The van der Waals surface area contributed by atoms with Crippen LogP contribution in [0.15, 0.2) is 71.6 Å². The van der Waals surface area contributed by atoms with E-state index in [1.165, 1.54) is 24.1 Å². The summed E-state index contributed by atoms with van der Waals surface area (Å²) in [6, 6.07) is 17.5. The number of aryl methyl sites for hydroxylation is 2. The molecule has 2 amide bonds. The highest BCUT2D eigenvalue weighted by Gasteiger charge is 2.33. The molecule has 38 heavy (non-hydrogen) atoms. The summed E-state index contributed by atoms with van der Waals surface area (Å²) in [6.07, 6.45) is 0.321. The standard InChI is InChI=1S/C28H31Cl2N3O4S/c1-5-26(28(35)31-4)32(17-21-10-15-24(29)25(30)16-21)27(34)18-33(22-11-6-19(2)7-12-22)38(36,37)23-13-8-20(3)9-14-23/h6-16,26H,5,17-18H2,1-4H3,(H,31,35)/t26-/m1/s1. The number of hydrogen-bond donors (Lipinski definition) is 1. The van der Waals surface area contributed by atoms with Crippen molar-refractivity contribution in [3.05, 3.63) is 93.5 Å². The van der Waals surface area contributed by atoms with Crippen molar-refractivity contribution in [2.45, 2.75) is 44.7 Å². The normalized spacial score (nSPS) is 12.1. The van der Waals surface area contributed by atoms with Crippen LogP contribution in [-0.4, -0.2) is 44.8 Å². The van der Waals surface area contributed by atoms with Crippen LogP contribution in [0.1, 0.15) is 30.0 Å². The fraction of sp³-hybridized carbons (Fsp3) is 0.286. The van der Waals surface area contributed by atoms with E-state index in [-0.39, 0.29) is 17.3 Å². The summed E-state index contributed by atoms with van der Waals surface area (Å²) >= 11 is 12.3. The number of nitrogens with one attached hydrogen (secondary N) is 1. The third kappa shape index (κ3) is 6.87. The van der Waals surface area contributed by atoms with Gasteiger partial charge in [0.2, 0.25) is 11.8 Å². The van der Waals surface area contributed by atoms with Crippen molar-refractivity contribution in [3.63, 3.8) is 0 Å². The molecule has 0 fully saturated rings. The van der Waals surface area contributed by atoms with Crippen molar-refractivity contribution < 1.29 is 18.0 Å². The second-order valence-corrected chi connectivity index (χ2v) is 11.6. The van der Waals surface area contributed by atoms with E-state index in [2.05, 4.69) is 5.32 Å². The zero-order valence-electron chi connectivity index (χ0n) is 21.7. The molecular weight excluding hydrogens is 545 g/mol. The SMILES string of the molecule is CC[C@H](C(=O)NC)N(Cc1ccc(Cl)c(Cl)c1)C(=O)CN(c1ccc(C)cc1)S(=O)(=O)c1ccc(C)cc1. The van der Waals surface area contributed by atoms with Crippen molar-refractivity contribution in [1.82, 2.24) is 10.2 Å². The summed E-state index contributed by atoms with van der Waals surface area (Å²) in [5.74, 6) is -0.896. The number of carbonyl (C=O) groups is 2.